The maximum Gasteiger partial charge on any atom is 0.233 e. The molecule has 0 bridgehead atoms. The van der Waals surface area contributed by atoms with E-state index in [0.29, 0.717) is 0 Å². The van der Waals surface area contributed by atoms with Gasteiger partial charge in [0.15, 0.2) is 0 Å². The van der Waals surface area contributed by atoms with Crippen molar-refractivity contribution in [1.29, 1.82) is 0 Å². The first-order chi connectivity index (χ1) is 8.63. The second kappa shape index (κ2) is 4.19. The molecule has 4 heteroatoms. The molecule has 0 aromatic rings. The quantitative estimate of drug-likeness (QED) is 0.558. The van der Waals surface area contributed by atoms with Crippen LogP contribution in [0.5, 0.6) is 0 Å². The summed E-state index contributed by atoms with van der Waals surface area (Å²) in [5.41, 5.74) is -0.267. The van der Waals surface area contributed by atoms with E-state index in [0.717, 1.165) is 38.8 Å². The highest BCUT2D eigenvalue weighted by molar-refractivity contribution is 6.06. The van der Waals surface area contributed by atoms with Crippen molar-refractivity contribution in [2.24, 2.45) is 11.8 Å². The molecule has 3 aliphatic rings. The Kier molecular flexibility index (Phi) is 2.77. The van der Waals surface area contributed by atoms with Gasteiger partial charge in [-0.25, -0.2) is 0 Å². The Bertz CT molecular complexity index is 384. The molecule has 2 fully saturated rings. The van der Waals surface area contributed by atoms with E-state index in [1.807, 2.05) is 12.2 Å². The van der Waals surface area contributed by atoms with Gasteiger partial charge >= 0.3 is 0 Å². The molecule has 2 saturated heterocycles. The van der Waals surface area contributed by atoms with Gasteiger partial charge in [-0.3, -0.25) is 14.5 Å². The van der Waals surface area contributed by atoms with Gasteiger partial charge in [0.05, 0.1) is 17.4 Å². The first kappa shape index (κ1) is 11.9. The fourth-order valence-corrected chi connectivity index (χ4v) is 3.52. The maximum atomic E-state index is 12.5. The summed E-state index contributed by atoms with van der Waals surface area (Å²) >= 11 is 0. The third-order valence-corrected chi connectivity index (χ3v) is 4.73. The summed E-state index contributed by atoms with van der Waals surface area (Å²) in [4.78, 5) is 26.6. The Morgan fingerprint density at radius 1 is 1.11 bits per heavy atom. The average Bonchev–Trinajstić information content (AvgIpc) is 2.64. The van der Waals surface area contributed by atoms with Gasteiger partial charge in [0.25, 0.3) is 0 Å². The zero-order chi connectivity index (χ0) is 12.8. The Labute approximate surface area is 107 Å². The number of nitrogens with zero attached hydrogens (tertiary/aromatic N) is 1. The fraction of sp³-hybridized carbons (Fsp3) is 0.714. The van der Waals surface area contributed by atoms with Crippen LogP contribution in [0, 0.1) is 11.8 Å². The second-order valence-electron chi connectivity index (χ2n) is 5.91. The van der Waals surface area contributed by atoms with Crippen LogP contribution in [-0.4, -0.2) is 35.3 Å². The SMILES string of the molecule is CC1(N2C(=O)C3CC=CCC3C2=O)CCNCC1. The molecule has 1 aliphatic carbocycles. The van der Waals surface area contributed by atoms with Gasteiger partial charge in [0.1, 0.15) is 0 Å². The van der Waals surface area contributed by atoms with E-state index in [2.05, 4.69) is 12.2 Å². The zero-order valence-corrected chi connectivity index (χ0v) is 10.8. The molecule has 0 saturated carbocycles. The maximum absolute atomic E-state index is 12.5. The van der Waals surface area contributed by atoms with E-state index in [9.17, 15) is 9.59 Å². The molecule has 4 nitrogen and oxygen atoms in total. The largest absolute Gasteiger partial charge is 0.317 e. The number of piperidine rings is 1. The van der Waals surface area contributed by atoms with Gasteiger partial charge in [-0.2, -0.15) is 0 Å². The normalized spacial score (nSPS) is 34.8. The van der Waals surface area contributed by atoms with Crippen molar-refractivity contribution in [2.75, 3.05) is 13.1 Å². The van der Waals surface area contributed by atoms with Crippen molar-refractivity contribution in [3.8, 4) is 0 Å². The summed E-state index contributed by atoms with van der Waals surface area (Å²) in [5, 5.41) is 3.29. The lowest BCUT2D eigenvalue weighted by Crippen LogP contribution is -2.55. The number of carbonyl (C=O) groups excluding carboxylic acids is 2. The number of hydrogen-bond donors (Lipinski definition) is 1. The highest BCUT2D eigenvalue weighted by Gasteiger charge is 2.53. The van der Waals surface area contributed by atoms with Crippen molar-refractivity contribution < 1.29 is 9.59 Å². The summed E-state index contributed by atoms with van der Waals surface area (Å²) in [6.07, 6.45) is 7.30. The lowest BCUT2D eigenvalue weighted by molar-refractivity contribution is -0.147. The third-order valence-electron chi connectivity index (χ3n) is 4.73. The molecule has 0 aromatic heterocycles. The predicted molar refractivity (Wildman–Crippen MR) is 67.7 cm³/mol. The summed E-state index contributed by atoms with van der Waals surface area (Å²) < 4.78 is 0. The topological polar surface area (TPSA) is 49.4 Å². The van der Waals surface area contributed by atoms with Crippen LogP contribution in [0.4, 0.5) is 0 Å². The number of hydrogen-bond acceptors (Lipinski definition) is 3. The lowest BCUT2D eigenvalue weighted by atomic mass is 9.85. The Morgan fingerprint density at radius 3 is 2.11 bits per heavy atom. The molecule has 18 heavy (non-hydrogen) atoms. The summed E-state index contributed by atoms with van der Waals surface area (Å²) in [6, 6.07) is 0. The minimum absolute atomic E-state index is 0.0683. The number of fused-ring (bicyclic) bond motifs is 1. The molecular formula is C14H20N2O2. The van der Waals surface area contributed by atoms with E-state index in [1.165, 1.54) is 0 Å². The first-order valence-corrected chi connectivity index (χ1v) is 6.87. The predicted octanol–water partition coefficient (Wildman–Crippen LogP) is 1.08. The molecule has 2 amide bonds. The fourth-order valence-electron chi connectivity index (χ4n) is 3.52. The summed E-state index contributed by atoms with van der Waals surface area (Å²) in [6.45, 7) is 3.84. The monoisotopic (exact) mass is 248 g/mol. The summed E-state index contributed by atoms with van der Waals surface area (Å²) in [5.74, 6) is -0.0408. The van der Waals surface area contributed by atoms with Crippen molar-refractivity contribution in [3.05, 3.63) is 12.2 Å². The molecule has 2 unspecified atom stereocenters. The minimum Gasteiger partial charge on any atom is -0.317 e. The molecular weight excluding hydrogens is 228 g/mol. The van der Waals surface area contributed by atoms with Crippen LogP contribution < -0.4 is 5.32 Å². The Morgan fingerprint density at radius 2 is 1.61 bits per heavy atom. The highest BCUT2D eigenvalue weighted by atomic mass is 16.2. The van der Waals surface area contributed by atoms with Crippen molar-refractivity contribution >= 4 is 11.8 Å². The Balaban J connectivity index is 1.89. The molecule has 3 rings (SSSR count). The number of nitrogens with one attached hydrogen (secondary N) is 1. The van der Waals surface area contributed by atoms with Gasteiger partial charge in [-0.05, 0) is 45.7 Å². The third kappa shape index (κ3) is 1.62. The minimum atomic E-state index is -0.267. The van der Waals surface area contributed by atoms with Crippen molar-refractivity contribution in [3.63, 3.8) is 0 Å². The first-order valence-electron chi connectivity index (χ1n) is 6.87. The molecule has 0 radical (unpaired) electrons. The molecule has 2 heterocycles. The number of likely N-dealkylation sites (tertiary alicyclic amines) is 1. The van der Waals surface area contributed by atoms with Gasteiger partial charge in [0.2, 0.25) is 11.8 Å². The van der Waals surface area contributed by atoms with E-state index in [1.54, 1.807) is 4.90 Å². The summed E-state index contributed by atoms with van der Waals surface area (Å²) in [7, 11) is 0. The van der Waals surface area contributed by atoms with Gasteiger partial charge in [-0.15, -0.1) is 0 Å². The molecule has 2 atom stereocenters. The van der Waals surface area contributed by atoms with Crippen LogP contribution in [0.3, 0.4) is 0 Å². The molecule has 0 aromatic carbocycles. The number of imide groups is 1. The molecule has 0 spiro atoms. The van der Waals surface area contributed by atoms with Gasteiger partial charge < -0.3 is 5.32 Å². The Hall–Kier alpha value is -1.16. The molecule has 98 valence electrons. The van der Waals surface area contributed by atoms with Crippen LogP contribution in [-0.2, 0) is 9.59 Å². The average molecular weight is 248 g/mol. The lowest BCUT2D eigenvalue weighted by Gasteiger charge is -2.41. The van der Waals surface area contributed by atoms with Crippen LogP contribution >= 0.6 is 0 Å². The highest BCUT2D eigenvalue weighted by Crippen LogP contribution is 2.40. The van der Waals surface area contributed by atoms with E-state index in [4.69, 9.17) is 0 Å². The smallest absolute Gasteiger partial charge is 0.233 e. The number of carbonyl (C=O) groups is 2. The standard InChI is InChI=1S/C14H20N2O2/c1-14(6-8-15-9-7-14)16-12(17)10-4-2-3-5-11(10)13(16)18/h2-3,10-11,15H,4-9H2,1H3. The van der Waals surface area contributed by atoms with Crippen molar-refractivity contribution in [2.45, 2.75) is 38.1 Å². The number of allylic oxidation sites excluding steroid dienone is 2. The van der Waals surface area contributed by atoms with Crippen LogP contribution in [0.25, 0.3) is 0 Å². The van der Waals surface area contributed by atoms with Crippen LogP contribution in [0.1, 0.15) is 32.6 Å². The molecule has 2 aliphatic heterocycles. The van der Waals surface area contributed by atoms with E-state index >= 15 is 0 Å². The van der Waals surface area contributed by atoms with Crippen molar-refractivity contribution in [1.82, 2.24) is 10.2 Å². The number of rotatable bonds is 1. The molecule has 1 N–H and O–H groups in total. The van der Waals surface area contributed by atoms with Crippen LogP contribution in [0.15, 0.2) is 12.2 Å². The zero-order valence-electron chi connectivity index (χ0n) is 10.8. The van der Waals surface area contributed by atoms with Gasteiger partial charge in [-0.1, -0.05) is 12.2 Å². The van der Waals surface area contributed by atoms with E-state index < -0.39 is 0 Å². The second-order valence-corrected chi connectivity index (χ2v) is 5.91. The van der Waals surface area contributed by atoms with Gasteiger partial charge in [0, 0.05) is 0 Å². The van der Waals surface area contributed by atoms with E-state index in [-0.39, 0.29) is 29.2 Å². The number of amides is 2. The van der Waals surface area contributed by atoms with Crippen LogP contribution in [0.2, 0.25) is 0 Å².